The molecule has 0 atom stereocenters. The van der Waals surface area contributed by atoms with Gasteiger partial charge in [0.2, 0.25) is 0 Å². The Hall–Kier alpha value is -3.19. The monoisotopic (exact) mass is 472 g/mol. The molecule has 1 aromatic heterocycles. The highest BCUT2D eigenvalue weighted by Gasteiger charge is 2.25. The van der Waals surface area contributed by atoms with Crippen LogP contribution in [0.5, 0.6) is 17.2 Å². The summed E-state index contributed by atoms with van der Waals surface area (Å²) in [7, 11) is 4.57. The van der Waals surface area contributed by atoms with Gasteiger partial charge in [-0.3, -0.25) is 9.59 Å². The molecule has 0 saturated carbocycles. The molecule has 0 fully saturated rings. The van der Waals surface area contributed by atoms with Crippen LogP contribution in [0, 0.1) is 5.92 Å². The first-order chi connectivity index (χ1) is 15.7. The number of carbonyl (C=O) groups excluding carboxylic acids is 1. The van der Waals surface area contributed by atoms with E-state index in [4.69, 9.17) is 25.8 Å². The van der Waals surface area contributed by atoms with Gasteiger partial charge in [0.15, 0.2) is 11.5 Å². The van der Waals surface area contributed by atoms with E-state index in [0.29, 0.717) is 57.4 Å². The molecule has 0 unspecified atom stereocenters. The molecule has 0 N–H and O–H groups in total. The molecule has 33 heavy (non-hydrogen) atoms. The standard InChI is InChI=1S/C25H29ClN2O5/c1-7-28(20-10-16(26)8-9-21(20)31-4)25(30)19-14-27(13-15(2)3)24(29)18-12-23(33-6)22(32-5)11-17(18)19/h8-12,14-15H,7,13H2,1-6H3. The van der Waals surface area contributed by atoms with Crippen LogP contribution in [0.25, 0.3) is 10.8 Å². The highest BCUT2D eigenvalue weighted by Crippen LogP contribution is 2.35. The van der Waals surface area contributed by atoms with Crippen molar-refractivity contribution in [3.8, 4) is 17.2 Å². The maximum Gasteiger partial charge on any atom is 0.260 e. The van der Waals surface area contributed by atoms with Gasteiger partial charge in [-0.15, -0.1) is 0 Å². The van der Waals surface area contributed by atoms with Gasteiger partial charge in [-0.25, -0.2) is 0 Å². The third-order valence-electron chi connectivity index (χ3n) is 5.38. The first-order valence-electron chi connectivity index (χ1n) is 10.7. The summed E-state index contributed by atoms with van der Waals surface area (Å²) in [5.74, 6) is 1.30. The Morgan fingerprint density at radius 3 is 2.15 bits per heavy atom. The maximum absolute atomic E-state index is 13.9. The molecule has 0 aliphatic heterocycles. The van der Waals surface area contributed by atoms with Crippen molar-refractivity contribution in [1.82, 2.24) is 4.57 Å². The van der Waals surface area contributed by atoms with E-state index in [9.17, 15) is 9.59 Å². The van der Waals surface area contributed by atoms with E-state index >= 15 is 0 Å². The van der Waals surface area contributed by atoms with E-state index in [1.54, 1.807) is 53.1 Å². The van der Waals surface area contributed by atoms with E-state index in [1.165, 1.54) is 14.2 Å². The fourth-order valence-corrected chi connectivity index (χ4v) is 4.03. The van der Waals surface area contributed by atoms with Crippen molar-refractivity contribution in [1.29, 1.82) is 0 Å². The normalized spacial score (nSPS) is 11.0. The van der Waals surface area contributed by atoms with Crippen LogP contribution in [0.4, 0.5) is 5.69 Å². The van der Waals surface area contributed by atoms with Gasteiger partial charge in [0, 0.05) is 29.7 Å². The van der Waals surface area contributed by atoms with Crippen LogP contribution in [0.2, 0.25) is 5.02 Å². The topological polar surface area (TPSA) is 70.0 Å². The number of anilines is 1. The van der Waals surface area contributed by atoms with Gasteiger partial charge in [0.1, 0.15) is 5.75 Å². The van der Waals surface area contributed by atoms with Crippen molar-refractivity contribution >= 4 is 34.0 Å². The summed E-state index contributed by atoms with van der Waals surface area (Å²) in [6, 6.07) is 8.42. The van der Waals surface area contributed by atoms with Crippen LogP contribution >= 0.6 is 11.6 Å². The zero-order valence-corrected chi connectivity index (χ0v) is 20.5. The fourth-order valence-electron chi connectivity index (χ4n) is 3.86. The van der Waals surface area contributed by atoms with Crippen molar-refractivity contribution in [2.45, 2.75) is 27.3 Å². The van der Waals surface area contributed by atoms with Crippen molar-refractivity contribution in [3.05, 3.63) is 57.5 Å². The zero-order valence-electron chi connectivity index (χ0n) is 19.8. The van der Waals surface area contributed by atoms with Gasteiger partial charge in [-0.2, -0.15) is 0 Å². The Kier molecular flexibility index (Phi) is 7.53. The molecular weight excluding hydrogens is 444 g/mol. The molecule has 8 heteroatoms. The number of rotatable bonds is 8. The predicted octanol–water partition coefficient (Wildman–Crippen LogP) is 5.00. The summed E-state index contributed by atoms with van der Waals surface area (Å²) in [5, 5.41) is 1.36. The molecule has 1 heterocycles. The zero-order chi connectivity index (χ0) is 24.3. The summed E-state index contributed by atoms with van der Waals surface area (Å²) in [5.41, 5.74) is 0.724. The van der Waals surface area contributed by atoms with E-state index in [2.05, 4.69) is 0 Å². The van der Waals surface area contributed by atoms with Gasteiger partial charge in [0.05, 0.1) is 38.0 Å². The third-order valence-corrected chi connectivity index (χ3v) is 5.61. The van der Waals surface area contributed by atoms with Gasteiger partial charge >= 0.3 is 0 Å². The number of nitrogens with zero attached hydrogens (tertiary/aromatic N) is 2. The lowest BCUT2D eigenvalue weighted by Crippen LogP contribution is -2.33. The number of pyridine rings is 1. The minimum atomic E-state index is -0.284. The summed E-state index contributed by atoms with van der Waals surface area (Å²) in [6.45, 7) is 6.74. The lowest BCUT2D eigenvalue weighted by Gasteiger charge is -2.25. The number of carbonyl (C=O) groups is 1. The second kappa shape index (κ2) is 10.2. The van der Waals surface area contributed by atoms with Crippen LogP contribution in [0.15, 0.2) is 41.3 Å². The lowest BCUT2D eigenvalue weighted by atomic mass is 10.0. The Bertz CT molecular complexity index is 1240. The molecule has 7 nitrogen and oxygen atoms in total. The second-order valence-electron chi connectivity index (χ2n) is 8.01. The van der Waals surface area contributed by atoms with Crippen LogP contribution < -0.4 is 24.7 Å². The van der Waals surface area contributed by atoms with Gasteiger partial charge in [-0.05, 0) is 43.2 Å². The molecule has 0 bridgehead atoms. The van der Waals surface area contributed by atoms with Crippen molar-refractivity contribution in [2.24, 2.45) is 5.92 Å². The minimum Gasteiger partial charge on any atom is -0.495 e. The first-order valence-corrected chi connectivity index (χ1v) is 11.1. The quantitative estimate of drug-likeness (QED) is 0.461. The van der Waals surface area contributed by atoms with Gasteiger partial charge in [0.25, 0.3) is 11.5 Å². The Labute approximate surface area is 198 Å². The van der Waals surface area contributed by atoms with Crippen LogP contribution in [0.1, 0.15) is 31.1 Å². The Morgan fingerprint density at radius 2 is 1.61 bits per heavy atom. The molecular formula is C25H29ClN2O5. The molecule has 176 valence electrons. The van der Waals surface area contributed by atoms with E-state index in [1.807, 2.05) is 20.8 Å². The first kappa shape index (κ1) is 24.5. The van der Waals surface area contributed by atoms with Crippen LogP contribution in [-0.4, -0.2) is 38.3 Å². The average molecular weight is 473 g/mol. The molecule has 0 saturated heterocycles. The highest BCUT2D eigenvalue weighted by atomic mass is 35.5. The molecule has 0 aliphatic carbocycles. The number of fused-ring (bicyclic) bond motifs is 1. The number of benzene rings is 2. The van der Waals surface area contributed by atoms with E-state index in [-0.39, 0.29) is 17.4 Å². The molecule has 2 aromatic carbocycles. The summed E-state index contributed by atoms with van der Waals surface area (Å²) < 4.78 is 17.9. The maximum atomic E-state index is 13.9. The van der Waals surface area contributed by atoms with E-state index in [0.717, 1.165) is 0 Å². The molecule has 1 amide bonds. The van der Waals surface area contributed by atoms with Crippen LogP contribution in [-0.2, 0) is 6.54 Å². The number of hydrogen-bond donors (Lipinski definition) is 0. The van der Waals surface area contributed by atoms with E-state index < -0.39 is 0 Å². The highest BCUT2D eigenvalue weighted by molar-refractivity contribution is 6.31. The number of aromatic nitrogens is 1. The fraction of sp³-hybridized carbons (Fsp3) is 0.360. The summed E-state index contributed by atoms with van der Waals surface area (Å²) >= 11 is 6.23. The number of amides is 1. The molecule has 0 aliphatic rings. The van der Waals surface area contributed by atoms with Crippen LogP contribution in [0.3, 0.4) is 0 Å². The van der Waals surface area contributed by atoms with Gasteiger partial charge < -0.3 is 23.7 Å². The van der Waals surface area contributed by atoms with Crippen molar-refractivity contribution < 1.29 is 19.0 Å². The summed E-state index contributed by atoms with van der Waals surface area (Å²) in [6.07, 6.45) is 1.62. The smallest absolute Gasteiger partial charge is 0.260 e. The second-order valence-corrected chi connectivity index (χ2v) is 8.45. The Morgan fingerprint density at radius 1 is 1.00 bits per heavy atom. The molecule has 3 aromatic rings. The summed E-state index contributed by atoms with van der Waals surface area (Å²) in [4.78, 5) is 28.8. The molecule has 0 spiro atoms. The molecule has 3 rings (SSSR count). The average Bonchev–Trinajstić information content (AvgIpc) is 2.80. The minimum absolute atomic E-state index is 0.195. The van der Waals surface area contributed by atoms with Crippen molar-refractivity contribution in [2.75, 3.05) is 32.8 Å². The lowest BCUT2D eigenvalue weighted by molar-refractivity contribution is 0.0988. The predicted molar refractivity (Wildman–Crippen MR) is 132 cm³/mol. The van der Waals surface area contributed by atoms with Crippen molar-refractivity contribution in [3.63, 3.8) is 0 Å². The number of ether oxygens (including phenoxy) is 3. The largest absolute Gasteiger partial charge is 0.495 e. The number of hydrogen-bond acceptors (Lipinski definition) is 5. The third kappa shape index (κ3) is 4.78. The molecule has 0 radical (unpaired) electrons. The Balaban J connectivity index is 2.31. The number of methoxy groups -OCH3 is 3. The number of halogens is 1. The van der Waals surface area contributed by atoms with Gasteiger partial charge in [-0.1, -0.05) is 25.4 Å². The SMILES string of the molecule is CCN(C(=O)c1cn(CC(C)C)c(=O)c2cc(OC)c(OC)cc12)c1cc(Cl)ccc1OC.